The maximum atomic E-state index is 12.2. The van der Waals surface area contributed by atoms with E-state index in [1.54, 1.807) is 0 Å². The first kappa shape index (κ1) is 11.7. The van der Waals surface area contributed by atoms with Crippen LogP contribution >= 0.6 is 0 Å². The van der Waals surface area contributed by atoms with Crippen molar-refractivity contribution < 1.29 is 4.79 Å². The van der Waals surface area contributed by atoms with Gasteiger partial charge in [-0.2, -0.15) is 0 Å². The van der Waals surface area contributed by atoms with E-state index in [4.69, 9.17) is 12.2 Å². The molecule has 0 radical (unpaired) electrons. The molecule has 1 saturated carbocycles. The molecule has 2 N–H and O–H groups in total. The molecule has 0 heterocycles. The average Bonchev–Trinajstić information content (AvgIpc) is 3.11. The predicted octanol–water partition coefficient (Wildman–Crippen LogP) is 2.67. The van der Waals surface area contributed by atoms with Gasteiger partial charge in [0.15, 0.2) is 0 Å². The molecular formula is C15H17NO. The predicted molar refractivity (Wildman–Crippen MR) is 69.5 cm³/mol. The number of unbranched alkanes of at least 4 members (excludes halogenated alkanes) is 1. The molecule has 0 atom stereocenters. The quantitative estimate of drug-likeness (QED) is 0.477. The van der Waals surface area contributed by atoms with Crippen LogP contribution in [-0.4, -0.2) is 5.78 Å². The molecule has 2 nitrogen and oxygen atoms in total. The highest BCUT2D eigenvalue weighted by Crippen LogP contribution is 2.49. The molecule has 0 saturated heterocycles. The Morgan fingerprint density at radius 2 is 2.00 bits per heavy atom. The summed E-state index contributed by atoms with van der Waals surface area (Å²) < 4.78 is 0. The maximum Gasteiger partial charge on any atom is 0.143 e. The monoisotopic (exact) mass is 227 g/mol. The zero-order valence-electron chi connectivity index (χ0n) is 9.91. The van der Waals surface area contributed by atoms with Crippen LogP contribution in [0.5, 0.6) is 0 Å². The number of rotatable bonds is 5. The van der Waals surface area contributed by atoms with Crippen LogP contribution < -0.4 is 5.73 Å². The molecule has 2 heteroatoms. The van der Waals surface area contributed by atoms with Crippen molar-refractivity contribution in [3.05, 3.63) is 29.8 Å². The minimum atomic E-state index is -0.220. The topological polar surface area (TPSA) is 43.1 Å². The van der Waals surface area contributed by atoms with Gasteiger partial charge in [0.2, 0.25) is 0 Å². The fourth-order valence-electron chi connectivity index (χ4n) is 2.25. The number of hydrogen-bond acceptors (Lipinski definition) is 2. The third kappa shape index (κ3) is 2.34. The fourth-order valence-corrected chi connectivity index (χ4v) is 2.25. The van der Waals surface area contributed by atoms with Crippen molar-refractivity contribution in [1.29, 1.82) is 0 Å². The van der Waals surface area contributed by atoms with Crippen molar-refractivity contribution in [2.45, 2.75) is 37.5 Å². The Morgan fingerprint density at radius 1 is 1.35 bits per heavy atom. The molecular weight excluding hydrogens is 210 g/mol. The summed E-state index contributed by atoms with van der Waals surface area (Å²) >= 11 is 0. The van der Waals surface area contributed by atoms with E-state index in [2.05, 4.69) is 5.92 Å². The van der Waals surface area contributed by atoms with Gasteiger partial charge in [0.05, 0.1) is 5.41 Å². The molecule has 0 bridgehead atoms. The first-order valence-corrected chi connectivity index (χ1v) is 6.02. The Morgan fingerprint density at radius 3 is 2.53 bits per heavy atom. The molecule has 1 aromatic carbocycles. The van der Waals surface area contributed by atoms with Crippen molar-refractivity contribution in [3.63, 3.8) is 0 Å². The molecule has 2 rings (SSSR count). The smallest absolute Gasteiger partial charge is 0.143 e. The highest BCUT2D eigenvalue weighted by molar-refractivity contribution is 5.93. The Labute approximate surface area is 102 Å². The molecule has 1 aromatic rings. The normalized spacial score (nSPS) is 16.2. The molecule has 1 aliphatic carbocycles. The van der Waals surface area contributed by atoms with Crippen LogP contribution in [0.4, 0.5) is 5.69 Å². The lowest BCUT2D eigenvalue weighted by Gasteiger charge is -2.14. The molecule has 0 aliphatic heterocycles. The standard InChI is InChI=1S/C15H17NO/c1-2-3-4-5-14(17)15(10-11-15)12-6-8-13(16)9-7-12/h1,6-9H,3-5,10-11,16H2. The number of terminal acetylenes is 1. The zero-order valence-corrected chi connectivity index (χ0v) is 9.91. The summed E-state index contributed by atoms with van der Waals surface area (Å²) in [4.78, 5) is 12.2. The van der Waals surface area contributed by atoms with E-state index >= 15 is 0 Å². The molecule has 0 unspecified atom stereocenters. The summed E-state index contributed by atoms with van der Waals surface area (Å²) in [6.45, 7) is 0. The molecule has 0 spiro atoms. The van der Waals surface area contributed by atoms with Crippen LogP contribution in [0.3, 0.4) is 0 Å². The zero-order chi connectivity index (χ0) is 12.3. The van der Waals surface area contributed by atoms with E-state index in [0.717, 1.165) is 30.5 Å². The van der Waals surface area contributed by atoms with E-state index in [1.807, 2.05) is 24.3 Å². The van der Waals surface area contributed by atoms with Crippen LogP contribution in [0, 0.1) is 12.3 Å². The van der Waals surface area contributed by atoms with Gasteiger partial charge in [-0.15, -0.1) is 12.3 Å². The number of carbonyl (C=O) groups excluding carboxylic acids is 1. The van der Waals surface area contributed by atoms with Gasteiger partial charge in [-0.05, 0) is 37.0 Å². The minimum Gasteiger partial charge on any atom is -0.399 e. The second-order valence-electron chi connectivity index (χ2n) is 4.68. The number of Topliss-reactive ketones (excluding diaryl/α,β-unsaturated/α-hetero) is 1. The van der Waals surface area contributed by atoms with E-state index in [1.165, 1.54) is 0 Å². The van der Waals surface area contributed by atoms with Crippen molar-refractivity contribution in [2.24, 2.45) is 0 Å². The highest BCUT2D eigenvalue weighted by Gasteiger charge is 2.49. The van der Waals surface area contributed by atoms with Gasteiger partial charge in [-0.1, -0.05) is 12.1 Å². The largest absolute Gasteiger partial charge is 0.399 e. The Bertz CT molecular complexity index is 449. The van der Waals surface area contributed by atoms with Crippen LogP contribution in [0.2, 0.25) is 0 Å². The molecule has 0 aromatic heterocycles. The second-order valence-corrected chi connectivity index (χ2v) is 4.68. The Kier molecular flexibility index (Phi) is 3.19. The van der Waals surface area contributed by atoms with E-state index < -0.39 is 0 Å². The van der Waals surface area contributed by atoms with Gasteiger partial charge in [-0.25, -0.2) is 0 Å². The number of ketones is 1. The van der Waals surface area contributed by atoms with Crippen LogP contribution in [0.25, 0.3) is 0 Å². The van der Waals surface area contributed by atoms with Gasteiger partial charge in [-0.3, -0.25) is 4.79 Å². The summed E-state index contributed by atoms with van der Waals surface area (Å²) in [5.41, 5.74) is 7.29. The first-order chi connectivity index (χ1) is 8.19. The third-order valence-corrected chi connectivity index (χ3v) is 3.47. The fraction of sp³-hybridized carbons (Fsp3) is 0.400. The molecule has 88 valence electrons. The SMILES string of the molecule is C#CCCCC(=O)C1(c2ccc(N)cc2)CC1. The van der Waals surface area contributed by atoms with Gasteiger partial charge in [0.25, 0.3) is 0 Å². The van der Waals surface area contributed by atoms with Crippen LogP contribution in [-0.2, 0) is 10.2 Å². The molecule has 0 amide bonds. The average molecular weight is 227 g/mol. The summed E-state index contributed by atoms with van der Waals surface area (Å²) in [7, 11) is 0. The number of anilines is 1. The molecule has 1 fully saturated rings. The van der Waals surface area contributed by atoms with E-state index in [-0.39, 0.29) is 5.41 Å². The number of nitrogens with two attached hydrogens (primary N) is 1. The van der Waals surface area contributed by atoms with Crippen molar-refractivity contribution in [2.75, 3.05) is 5.73 Å². The summed E-state index contributed by atoms with van der Waals surface area (Å²) in [6.07, 6.45) is 9.19. The number of nitrogen functional groups attached to an aromatic ring is 1. The van der Waals surface area contributed by atoms with Crippen LogP contribution in [0.15, 0.2) is 24.3 Å². The van der Waals surface area contributed by atoms with Crippen LogP contribution in [0.1, 0.15) is 37.7 Å². The summed E-state index contributed by atoms with van der Waals surface area (Å²) in [6, 6.07) is 7.68. The molecule has 1 aliphatic rings. The highest BCUT2D eigenvalue weighted by atomic mass is 16.1. The Hall–Kier alpha value is -1.75. The van der Waals surface area contributed by atoms with Crippen molar-refractivity contribution in [1.82, 2.24) is 0 Å². The van der Waals surface area contributed by atoms with Gasteiger partial charge < -0.3 is 5.73 Å². The third-order valence-electron chi connectivity index (χ3n) is 3.47. The minimum absolute atomic E-state index is 0.220. The van der Waals surface area contributed by atoms with Crippen molar-refractivity contribution in [3.8, 4) is 12.3 Å². The maximum absolute atomic E-state index is 12.2. The lowest BCUT2D eigenvalue weighted by molar-refractivity contribution is -0.121. The van der Waals surface area contributed by atoms with Gasteiger partial charge >= 0.3 is 0 Å². The molecule has 17 heavy (non-hydrogen) atoms. The number of hydrogen-bond donors (Lipinski definition) is 1. The summed E-state index contributed by atoms with van der Waals surface area (Å²) in [5.74, 6) is 2.90. The first-order valence-electron chi connectivity index (χ1n) is 6.02. The Balaban J connectivity index is 2.06. The van der Waals surface area contributed by atoms with Crippen molar-refractivity contribution >= 4 is 11.5 Å². The van der Waals surface area contributed by atoms with Gasteiger partial charge in [0.1, 0.15) is 5.78 Å². The number of carbonyl (C=O) groups is 1. The lowest BCUT2D eigenvalue weighted by atomic mass is 9.88. The second kappa shape index (κ2) is 4.63. The number of benzene rings is 1. The van der Waals surface area contributed by atoms with E-state index in [0.29, 0.717) is 18.6 Å². The van der Waals surface area contributed by atoms with E-state index in [9.17, 15) is 4.79 Å². The lowest BCUT2D eigenvalue weighted by Crippen LogP contribution is -2.20. The van der Waals surface area contributed by atoms with Gasteiger partial charge in [0, 0.05) is 18.5 Å². The summed E-state index contributed by atoms with van der Waals surface area (Å²) in [5, 5.41) is 0.